The Balaban J connectivity index is 1.43. The molecule has 0 radical (unpaired) electrons. The number of halogens is 1. The fourth-order valence-electron chi connectivity index (χ4n) is 4.15. The Bertz CT molecular complexity index is 1020. The molecule has 2 aromatic rings. The lowest BCUT2D eigenvalue weighted by atomic mass is 10.1. The van der Waals surface area contributed by atoms with Gasteiger partial charge in [-0.3, -0.25) is 4.79 Å². The third kappa shape index (κ3) is 3.69. The number of amides is 1. The van der Waals surface area contributed by atoms with Gasteiger partial charge in [-0.15, -0.1) is 0 Å². The summed E-state index contributed by atoms with van der Waals surface area (Å²) in [5, 5.41) is 3.74. The van der Waals surface area contributed by atoms with Crippen LogP contribution in [0.25, 0.3) is 0 Å². The van der Waals surface area contributed by atoms with E-state index in [2.05, 4.69) is 5.16 Å². The number of hydrogen-bond acceptors (Lipinski definition) is 5. The van der Waals surface area contributed by atoms with Crippen LogP contribution in [-0.2, 0) is 14.8 Å². The van der Waals surface area contributed by atoms with Crippen molar-refractivity contribution in [1.82, 2.24) is 14.4 Å². The van der Waals surface area contributed by atoms with E-state index < -0.39 is 10.0 Å². The van der Waals surface area contributed by atoms with Gasteiger partial charge in [0.2, 0.25) is 15.9 Å². The minimum Gasteiger partial charge on any atom is -0.360 e. The molecule has 1 aromatic heterocycles. The molecule has 29 heavy (non-hydrogen) atoms. The number of aromatic nitrogens is 1. The van der Waals surface area contributed by atoms with E-state index in [0.29, 0.717) is 43.7 Å². The topological polar surface area (TPSA) is 83.7 Å². The maximum atomic E-state index is 14.0. The number of nitrogens with zero attached hydrogens (tertiary/aromatic N) is 3. The second kappa shape index (κ2) is 7.53. The van der Waals surface area contributed by atoms with Crippen LogP contribution in [0.5, 0.6) is 0 Å². The van der Waals surface area contributed by atoms with E-state index in [1.165, 1.54) is 10.4 Å². The number of benzene rings is 1. The van der Waals surface area contributed by atoms with E-state index in [1.54, 1.807) is 36.9 Å². The van der Waals surface area contributed by atoms with Crippen LogP contribution >= 0.6 is 0 Å². The van der Waals surface area contributed by atoms with Gasteiger partial charge in [-0.1, -0.05) is 23.4 Å². The van der Waals surface area contributed by atoms with Crippen LogP contribution in [0, 0.1) is 25.6 Å². The Morgan fingerprint density at radius 3 is 2.62 bits per heavy atom. The molecule has 2 aliphatic rings. The van der Waals surface area contributed by atoms with E-state index in [0.717, 1.165) is 0 Å². The smallest absolute Gasteiger partial charge is 0.248 e. The Kier molecular flexibility index (Phi) is 5.20. The van der Waals surface area contributed by atoms with Gasteiger partial charge in [0, 0.05) is 32.1 Å². The molecule has 4 rings (SSSR count). The van der Waals surface area contributed by atoms with Crippen LogP contribution in [0.1, 0.15) is 35.8 Å². The molecule has 1 saturated heterocycles. The Labute approximate surface area is 169 Å². The first-order chi connectivity index (χ1) is 13.8. The molecule has 2 fully saturated rings. The summed E-state index contributed by atoms with van der Waals surface area (Å²) >= 11 is 0. The number of carbonyl (C=O) groups is 1. The van der Waals surface area contributed by atoms with E-state index in [-0.39, 0.29) is 40.8 Å². The minimum atomic E-state index is -3.73. The first kappa shape index (κ1) is 20.0. The maximum absolute atomic E-state index is 14.0. The summed E-state index contributed by atoms with van der Waals surface area (Å²) in [5.74, 6) is -0.340. The molecule has 2 atom stereocenters. The Hall–Kier alpha value is -2.26. The van der Waals surface area contributed by atoms with Crippen molar-refractivity contribution in [3.8, 4) is 0 Å². The van der Waals surface area contributed by atoms with Crippen molar-refractivity contribution in [3.63, 3.8) is 0 Å². The van der Waals surface area contributed by atoms with Crippen LogP contribution < -0.4 is 0 Å². The molecular formula is C20H24FN3O4S. The van der Waals surface area contributed by atoms with Crippen LogP contribution in [0.15, 0.2) is 33.7 Å². The van der Waals surface area contributed by atoms with Gasteiger partial charge in [0.1, 0.15) is 16.4 Å². The van der Waals surface area contributed by atoms with Crippen molar-refractivity contribution in [2.24, 2.45) is 5.92 Å². The number of hydrogen-bond donors (Lipinski definition) is 0. The monoisotopic (exact) mass is 421 g/mol. The summed E-state index contributed by atoms with van der Waals surface area (Å²) < 4.78 is 46.4. The Morgan fingerprint density at radius 1 is 1.17 bits per heavy atom. The number of aryl methyl sites for hydroxylation is 2. The summed E-state index contributed by atoms with van der Waals surface area (Å²) in [4.78, 5) is 14.7. The number of sulfonamides is 1. The molecule has 2 unspecified atom stereocenters. The molecule has 1 aromatic carbocycles. The number of rotatable bonds is 4. The molecule has 0 N–H and O–H groups in total. The SMILES string of the molecule is Cc1noc(C)c1S(=O)(=O)N1CCCN(C(=O)C2CC2c2ccccc2F)CC1. The van der Waals surface area contributed by atoms with Gasteiger partial charge >= 0.3 is 0 Å². The highest BCUT2D eigenvalue weighted by molar-refractivity contribution is 7.89. The van der Waals surface area contributed by atoms with Gasteiger partial charge in [0.25, 0.3) is 0 Å². The third-order valence-electron chi connectivity index (χ3n) is 5.74. The van der Waals surface area contributed by atoms with Gasteiger partial charge in [0.15, 0.2) is 5.76 Å². The molecule has 1 saturated carbocycles. The molecule has 0 spiro atoms. The zero-order chi connectivity index (χ0) is 20.8. The second-order valence-corrected chi connectivity index (χ2v) is 9.58. The highest BCUT2D eigenvalue weighted by Crippen LogP contribution is 2.49. The predicted molar refractivity (Wildman–Crippen MR) is 103 cm³/mol. The van der Waals surface area contributed by atoms with Gasteiger partial charge in [-0.25, -0.2) is 12.8 Å². The summed E-state index contributed by atoms with van der Waals surface area (Å²) in [5.41, 5.74) is 0.925. The molecule has 7 nitrogen and oxygen atoms in total. The van der Waals surface area contributed by atoms with E-state index in [1.807, 2.05) is 0 Å². The Morgan fingerprint density at radius 2 is 1.93 bits per heavy atom. The molecule has 2 heterocycles. The molecule has 1 aliphatic heterocycles. The van der Waals surface area contributed by atoms with Crippen molar-refractivity contribution in [1.29, 1.82) is 0 Å². The fourth-order valence-corrected chi connectivity index (χ4v) is 5.91. The van der Waals surface area contributed by atoms with Gasteiger partial charge in [-0.05, 0) is 44.2 Å². The van der Waals surface area contributed by atoms with Crippen LogP contribution in [0.3, 0.4) is 0 Å². The summed E-state index contributed by atoms with van der Waals surface area (Å²) in [7, 11) is -3.73. The van der Waals surface area contributed by atoms with E-state index in [4.69, 9.17) is 4.52 Å². The summed E-state index contributed by atoms with van der Waals surface area (Å²) in [6, 6.07) is 6.56. The lowest BCUT2D eigenvalue weighted by Crippen LogP contribution is -2.38. The zero-order valence-corrected chi connectivity index (χ0v) is 17.3. The second-order valence-electron chi connectivity index (χ2n) is 7.71. The quantitative estimate of drug-likeness (QED) is 0.757. The number of carbonyl (C=O) groups excluding carboxylic acids is 1. The largest absolute Gasteiger partial charge is 0.360 e. The summed E-state index contributed by atoms with van der Waals surface area (Å²) in [6.07, 6.45) is 1.18. The molecule has 0 bridgehead atoms. The molecule has 156 valence electrons. The van der Waals surface area contributed by atoms with Crippen molar-refractivity contribution in [2.75, 3.05) is 26.2 Å². The third-order valence-corrected chi connectivity index (χ3v) is 7.89. The normalized spacial score (nSPS) is 23.1. The highest BCUT2D eigenvalue weighted by atomic mass is 32.2. The molecule has 1 aliphatic carbocycles. The lowest BCUT2D eigenvalue weighted by molar-refractivity contribution is -0.132. The molecule has 9 heteroatoms. The minimum absolute atomic E-state index is 0.0187. The highest BCUT2D eigenvalue weighted by Gasteiger charge is 2.47. The van der Waals surface area contributed by atoms with Crippen molar-refractivity contribution >= 4 is 15.9 Å². The van der Waals surface area contributed by atoms with Crippen molar-refractivity contribution < 1.29 is 22.1 Å². The van der Waals surface area contributed by atoms with E-state index in [9.17, 15) is 17.6 Å². The fraction of sp³-hybridized carbons (Fsp3) is 0.500. The van der Waals surface area contributed by atoms with Crippen LogP contribution in [0.2, 0.25) is 0 Å². The molecule has 1 amide bonds. The average molecular weight is 421 g/mol. The van der Waals surface area contributed by atoms with E-state index >= 15 is 0 Å². The van der Waals surface area contributed by atoms with Crippen LogP contribution in [0.4, 0.5) is 4.39 Å². The first-order valence-corrected chi connectivity index (χ1v) is 11.2. The van der Waals surface area contributed by atoms with Gasteiger partial charge in [0.05, 0.1) is 0 Å². The van der Waals surface area contributed by atoms with Crippen molar-refractivity contribution in [3.05, 3.63) is 47.1 Å². The maximum Gasteiger partial charge on any atom is 0.248 e. The average Bonchev–Trinajstić information content (AvgIpc) is 3.44. The summed E-state index contributed by atoms with van der Waals surface area (Å²) in [6.45, 7) is 4.55. The zero-order valence-electron chi connectivity index (χ0n) is 16.5. The van der Waals surface area contributed by atoms with Crippen molar-refractivity contribution in [2.45, 2.75) is 37.5 Å². The molecular weight excluding hydrogens is 397 g/mol. The predicted octanol–water partition coefficient (Wildman–Crippen LogP) is 2.46. The van der Waals surface area contributed by atoms with Crippen LogP contribution in [-0.4, -0.2) is 54.9 Å². The van der Waals surface area contributed by atoms with Gasteiger partial charge in [-0.2, -0.15) is 4.31 Å². The van der Waals surface area contributed by atoms with Gasteiger partial charge < -0.3 is 9.42 Å². The standard InChI is InChI=1S/C20H24FN3O4S/c1-13-19(14(2)28-22-13)29(26,27)24-9-5-8-23(10-11-24)20(25)17-12-16(17)15-6-3-4-7-18(15)21/h3-4,6-7,16-17H,5,8-12H2,1-2H3. The lowest BCUT2D eigenvalue weighted by Gasteiger charge is -2.22. The first-order valence-electron chi connectivity index (χ1n) is 9.77.